The van der Waals surface area contributed by atoms with E-state index in [4.69, 9.17) is 11.6 Å². The van der Waals surface area contributed by atoms with E-state index < -0.39 is 11.7 Å². The highest BCUT2D eigenvalue weighted by Gasteiger charge is 2.27. The average Bonchev–Trinajstić information content (AvgIpc) is 2.46. The van der Waals surface area contributed by atoms with Crippen molar-refractivity contribution in [3.8, 4) is 0 Å². The van der Waals surface area contributed by atoms with Crippen molar-refractivity contribution in [1.82, 2.24) is 15.1 Å². The number of amides is 3. The third-order valence-corrected chi connectivity index (χ3v) is 3.98. The van der Waals surface area contributed by atoms with Gasteiger partial charge < -0.3 is 15.5 Å². The Morgan fingerprint density at radius 1 is 1.15 bits per heavy atom. The molecule has 0 radical (unpaired) electrons. The Morgan fingerprint density at radius 2 is 1.85 bits per heavy atom. The van der Waals surface area contributed by atoms with Gasteiger partial charge in [-0.3, -0.25) is 19.3 Å². The predicted molar refractivity (Wildman–Crippen MR) is 101 cm³/mol. The van der Waals surface area contributed by atoms with Crippen LogP contribution in [0.1, 0.15) is 20.8 Å². The first-order valence-electron chi connectivity index (χ1n) is 8.59. The Bertz CT molecular complexity index is 716. The van der Waals surface area contributed by atoms with Gasteiger partial charge in [0.2, 0.25) is 17.7 Å². The predicted octanol–water partition coefficient (Wildman–Crippen LogP) is 1.48. The van der Waals surface area contributed by atoms with Gasteiger partial charge in [-0.2, -0.15) is 0 Å². The van der Waals surface area contributed by atoms with Gasteiger partial charge in [0.05, 0.1) is 19.6 Å². The molecule has 1 aliphatic heterocycles. The van der Waals surface area contributed by atoms with Gasteiger partial charge in [0, 0.05) is 29.3 Å². The molecule has 0 bridgehead atoms. The number of benzene rings is 1. The van der Waals surface area contributed by atoms with E-state index in [-0.39, 0.29) is 47.7 Å². The number of halogens is 2. The zero-order chi connectivity index (χ0) is 20.2. The van der Waals surface area contributed by atoms with Crippen molar-refractivity contribution < 1.29 is 18.8 Å². The molecule has 0 aromatic heterocycles. The number of anilines is 1. The van der Waals surface area contributed by atoms with Crippen LogP contribution in [0.5, 0.6) is 0 Å². The van der Waals surface area contributed by atoms with E-state index in [1.165, 1.54) is 11.0 Å². The molecule has 148 valence electrons. The molecule has 0 unspecified atom stereocenters. The number of nitrogens with zero attached hydrogens (tertiary/aromatic N) is 2. The molecule has 0 aliphatic carbocycles. The van der Waals surface area contributed by atoms with Crippen molar-refractivity contribution >= 4 is 35.0 Å². The lowest BCUT2D eigenvalue weighted by Crippen LogP contribution is -2.55. The number of carbonyl (C=O) groups is 3. The Hall–Kier alpha value is -2.19. The van der Waals surface area contributed by atoms with Crippen molar-refractivity contribution in [2.75, 3.05) is 38.0 Å². The molecule has 1 aromatic carbocycles. The Balaban J connectivity index is 1.83. The van der Waals surface area contributed by atoms with Crippen LogP contribution in [0.25, 0.3) is 0 Å². The summed E-state index contributed by atoms with van der Waals surface area (Å²) in [5, 5.41) is 5.55. The van der Waals surface area contributed by atoms with Crippen LogP contribution in [0, 0.1) is 5.82 Å². The second-order valence-corrected chi connectivity index (χ2v) is 7.97. The highest BCUT2D eigenvalue weighted by molar-refractivity contribution is 6.30. The number of hydrogen-bond donors (Lipinski definition) is 2. The van der Waals surface area contributed by atoms with Crippen molar-refractivity contribution in [3.63, 3.8) is 0 Å². The van der Waals surface area contributed by atoms with Crippen LogP contribution in [-0.2, 0) is 14.4 Å². The standard InChI is InChI=1S/C18H24ClFN4O3/c1-18(2,3)22-16(26)9-23-4-5-24(17(27)11-23)10-15(25)21-14-7-12(19)6-13(20)8-14/h6-8H,4-5,9-11H2,1-3H3,(H,21,25)(H,22,26). The second kappa shape index (κ2) is 8.67. The van der Waals surface area contributed by atoms with Gasteiger partial charge in [0.15, 0.2) is 0 Å². The number of rotatable bonds is 5. The van der Waals surface area contributed by atoms with E-state index >= 15 is 0 Å². The lowest BCUT2D eigenvalue weighted by atomic mass is 10.1. The summed E-state index contributed by atoms with van der Waals surface area (Å²) < 4.78 is 13.3. The van der Waals surface area contributed by atoms with Gasteiger partial charge in [-0.1, -0.05) is 11.6 Å². The number of hydrogen-bond acceptors (Lipinski definition) is 4. The maximum atomic E-state index is 13.3. The molecule has 1 heterocycles. The van der Waals surface area contributed by atoms with Crippen LogP contribution in [0.4, 0.5) is 10.1 Å². The summed E-state index contributed by atoms with van der Waals surface area (Å²) in [6, 6.07) is 3.71. The minimum atomic E-state index is -0.559. The van der Waals surface area contributed by atoms with Crippen LogP contribution in [-0.4, -0.2) is 65.8 Å². The molecule has 2 rings (SSSR count). The molecule has 2 N–H and O–H groups in total. The highest BCUT2D eigenvalue weighted by atomic mass is 35.5. The summed E-state index contributed by atoms with van der Waals surface area (Å²) in [5.74, 6) is -1.39. The van der Waals surface area contributed by atoms with Crippen LogP contribution < -0.4 is 10.6 Å². The summed E-state index contributed by atoms with van der Waals surface area (Å²) in [6.07, 6.45) is 0. The number of piperazine rings is 1. The van der Waals surface area contributed by atoms with E-state index in [9.17, 15) is 18.8 Å². The fourth-order valence-corrected chi connectivity index (χ4v) is 2.94. The molecule has 3 amide bonds. The molecule has 27 heavy (non-hydrogen) atoms. The van der Waals surface area contributed by atoms with Crippen LogP contribution in [0.15, 0.2) is 18.2 Å². The fraction of sp³-hybridized carbons (Fsp3) is 0.500. The Morgan fingerprint density at radius 3 is 2.44 bits per heavy atom. The normalized spacial score (nSPS) is 15.6. The third kappa shape index (κ3) is 7.15. The van der Waals surface area contributed by atoms with Gasteiger partial charge in [0.25, 0.3) is 0 Å². The summed E-state index contributed by atoms with van der Waals surface area (Å²) in [7, 11) is 0. The van der Waals surface area contributed by atoms with Crippen molar-refractivity contribution in [3.05, 3.63) is 29.0 Å². The van der Waals surface area contributed by atoms with Gasteiger partial charge in [-0.25, -0.2) is 4.39 Å². The molecule has 1 fully saturated rings. The van der Waals surface area contributed by atoms with E-state index in [0.717, 1.165) is 12.1 Å². The lowest BCUT2D eigenvalue weighted by molar-refractivity contribution is -0.140. The maximum absolute atomic E-state index is 13.3. The van der Waals surface area contributed by atoms with Crippen LogP contribution in [0.3, 0.4) is 0 Å². The Labute approximate surface area is 162 Å². The van der Waals surface area contributed by atoms with E-state index in [1.807, 2.05) is 20.8 Å². The first kappa shape index (κ1) is 21.1. The molecular weight excluding hydrogens is 375 g/mol. The van der Waals surface area contributed by atoms with Gasteiger partial charge in [0.1, 0.15) is 5.82 Å². The molecule has 1 saturated heterocycles. The zero-order valence-corrected chi connectivity index (χ0v) is 16.4. The first-order valence-corrected chi connectivity index (χ1v) is 8.97. The average molecular weight is 399 g/mol. The Kier molecular flexibility index (Phi) is 6.78. The monoisotopic (exact) mass is 398 g/mol. The molecule has 0 spiro atoms. The van der Waals surface area contributed by atoms with Gasteiger partial charge >= 0.3 is 0 Å². The number of nitrogens with one attached hydrogen (secondary N) is 2. The summed E-state index contributed by atoms with van der Waals surface area (Å²) in [5.41, 5.74) is -0.101. The smallest absolute Gasteiger partial charge is 0.244 e. The zero-order valence-electron chi connectivity index (χ0n) is 15.6. The molecule has 9 heteroatoms. The van der Waals surface area contributed by atoms with Gasteiger partial charge in [-0.15, -0.1) is 0 Å². The highest BCUT2D eigenvalue weighted by Crippen LogP contribution is 2.18. The molecule has 7 nitrogen and oxygen atoms in total. The SMILES string of the molecule is CC(C)(C)NC(=O)CN1CCN(CC(=O)Nc2cc(F)cc(Cl)c2)C(=O)C1. The lowest BCUT2D eigenvalue weighted by Gasteiger charge is -2.34. The van der Waals surface area contributed by atoms with Crippen molar-refractivity contribution in [2.24, 2.45) is 0 Å². The van der Waals surface area contributed by atoms with Crippen LogP contribution in [0.2, 0.25) is 5.02 Å². The minimum Gasteiger partial charge on any atom is -0.350 e. The summed E-state index contributed by atoms with van der Waals surface area (Å²) in [6.45, 7) is 6.53. The molecular formula is C18H24ClFN4O3. The topological polar surface area (TPSA) is 81.8 Å². The minimum absolute atomic E-state index is 0.0661. The molecule has 1 aromatic rings. The van der Waals surface area contributed by atoms with Gasteiger partial charge in [-0.05, 0) is 39.0 Å². The number of carbonyl (C=O) groups excluding carboxylic acids is 3. The quantitative estimate of drug-likeness (QED) is 0.787. The largest absolute Gasteiger partial charge is 0.350 e. The fourth-order valence-electron chi connectivity index (χ4n) is 2.72. The van der Waals surface area contributed by atoms with Crippen molar-refractivity contribution in [1.29, 1.82) is 0 Å². The molecule has 0 atom stereocenters. The summed E-state index contributed by atoms with van der Waals surface area (Å²) in [4.78, 5) is 39.5. The second-order valence-electron chi connectivity index (χ2n) is 7.53. The third-order valence-electron chi connectivity index (χ3n) is 3.76. The van der Waals surface area contributed by atoms with E-state index in [0.29, 0.717) is 13.1 Å². The maximum Gasteiger partial charge on any atom is 0.244 e. The van der Waals surface area contributed by atoms with Crippen molar-refractivity contribution in [2.45, 2.75) is 26.3 Å². The van der Waals surface area contributed by atoms with E-state index in [2.05, 4.69) is 10.6 Å². The van der Waals surface area contributed by atoms with E-state index in [1.54, 1.807) is 4.90 Å². The first-order chi connectivity index (χ1) is 12.5. The molecule has 1 aliphatic rings. The molecule has 0 saturated carbocycles. The van der Waals surface area contributed by atoms with Crippen LogP contribution >= 0.6 is 11.6 Å². The summed E-state index contributed by atoms with van der Waals surface area (Å²) >= 11 is 5.75.